The van der Waals surface area contributed by atoms with Crippen molar-refractivity contribution >= 4 is 17.2 Å². The van der Waals surface area contributed by atoms with Crippen LogP contribution in [0.2, 0.25) is 0 Å². The van der Waals surface area contributed by atoms with E-state index in [2.05, 4.69) is 82.9 Å². The number of benzene rings is 3. The van der Waals surface area contributed by atoms with Crippen molar-refractivity contribution in [1.29, 1.82) is 0 Å². The monoisotopic (exact) mass is 503 g/mol. The lowest BCUT2D eigenvalue weighted by Crippen LogP contribution is -2.15. The van der Waals surface area contributed by atoms with Crippen LogP contribution in [0.1, 0.15) is 46.9 Å². The number of aryl methyl sites for hydroxylation is 4. The second kappa shape index (κ2) is 9.90. The Kier molecular flexibility index (Phi) is 6.28. The van der Waals surface area contributed by atoms with Gasteiger partial charge in [-0.2, -0.15) is 0 Å². The van der Waals surface area contributed by atoms with Crippen molar-refractivity contribution in [2.75, 3.05) is 12.4 Å². The first-order chi connectivity index (χ1) is 18.6. The van der Waals surface area contributed by atoms with E-state index < -0.39 is 0 Å². The molecule has 0 saturated carbocycles. The highest BCUT2D eigenvalue weighted by atomic mass is 16.5. The Balaban J connectivity index is 1.58. The number of aromatic nitrogens is 2. The minimum atomic E-state index is -0.123. The molecular weight excluding hydrogens is 470 g/mol. The van der Waals surface area contributed by atoms with Crippen LogP contribution in [-0.4, -0.2) is 22.0 Å². The number of nitrogens with zero attached hydrogens (tertiary/aromatic N) is 2. The Morgan fingerprint density at radius 1 is 0.974 bits per heavy atom. The van der Waals surface area contributed by atoms with Crippen molar-refractivity contribution < 1.29 is 9.53 Å². The van der Waals surface area contributed by atoms with Gasteiger partial charge in [-0.3, -0.25) is 9.20 Å². The van der Waals surface area contributed by atoms with E-state index in [1.807, 2.05) is 24.3 Å². The molecule has 1 N–H and O–H groups in total. The van der Waals surface area contributed by atoms with E-state index in [1.54, 1.807) is 7.11 Å². The predicted octanol–water partition coefficient (Wildman–Crippen LogP) is 7.54. The molecular formula is C33H33N3O2. The highest BCUT2D eigenvalue weighted by molar-refractivity contribution is 6.10. The van der Waals surface area contributed by atoms with Gasteiger partial charge in [0.05, 0.1) is 12.8 Å². The number of imidazole rings is 1. The van der Waals surface area contributed by atoms with Crippen molar-refractivity contribution in [2.24, 2.45) is 0 Å². The molecule has 5 heteroatoms. The summed E-state index contributed by atoms with van der Waals surface area (Å²) in [6.07, 6.45) is 6.28. The number of amides is 1. The molecule has 192 valence electrons. The maximum Gasteiger partial charge on any atom is 0.273 e. The molecule has 2 aromatic heterocycles. The van der Waals surface area contributed by atoms with Gasteiger partial charge in [0.15, 0.2) is 0 Å². The third-order valence-electron chi connectivity index (χ3n) is 7.67. The number of hydrogen-bond acceptors (Lipinski definition) is 2. The van der Waals surface area contributed by atoms with Gasteiger partial charge in [-0.25, -0.2) is 0 Å². The van der Waals surface area contributed by atoms with Crippen LogP contribution >= 0.6 is 0 Å². The predicted molar refractivity (Wildman–Crippen MR) is 154 cm³/mol. The lowest BCUT2D eigenvalue weighted by atomic mass is 9.96. The summed E-state index contributed by atoms with van der Waals surface area (Å²) in [6.45, 7) is 5.21. The maximum atomic E-state index is 14.1. The normalized spacial score (nSPS) is 12.9. The van der Waals surface area contributed by atoms with E-state index in [1.165, 1.54) is 22.3 Å². The molecule has 0 atom stereocenters. The highest BCUT2D eigenvalue weighted by Gasteiger charge is 2.29. The Morgan fingerprint density at radius 3 is 2.47 bits per heavy atom. The van der Waals surface area contributed by atoms with E-state index >= 15 is 0 Å². The van der Waals surface area contributed by atoms with Gasteiger partial charge < -0.3 is 14.6 Å². The molecule has 3 aromatic carbocycles. The van der Waals surface area contributed by atoms with Crippen LogP contribution in [0.4, 0.5) is 5.69 Å². The van der Waals surface area contributed by atoms with Crippen LogP contribution in [-0.2, 0) is 19.4 Å². The summed E-state index contributed by atoms with van der Waals surface area (Å²) >= 11 is 0. The first kappa shape index (κ1) is 24.1. The van der Waals surface area contributed by atoms with Crippen molar-refractivity contribution in [3.8, 4) is 28.1 Å². The minimum Gasteiger partial charge on any atom is -0.497 e. The quantitative estimate of drug-likeness (QED) is 0.260. The van der Waals surface area contributed by atoms with Crippen LogP contribution in [0.5, 0.6) is 5.75 Å². The number of ether oxygens (including phenoxy) is 1. The number of carbonyl (C=O) groups is 1. The van der Waals surface area contributed by atoms with E-state index in [0.717, 1.165) is 54.7 Å². The summed E-state index contributed by atoms with van der Waals surface area (Å²) in [7, 11) is 1.63. The Hall–Kier alpha value is -4.25. The van der Waals surface area contributed by atoms with E-state index in [9.17, 15) is 4.79 Å². The first-order valence-corrected chi connectivity index (χ1v) is 13.5. The van der Waals surface area contributed by atoms with Gasteiger partial charge in [-0.05, 0) is 61.4 Å². The average molecular weight is 504 g/mol. The van der Waals surface area contributed by atoms with Crippen molar-refractivity contribution in [3.05, 3.63) is 101 Å². The maximum absolute atomic E-state index is 14.1. The molecule has 1 aliphatic rings. The van der Waals surface area contributed by atoms with Crippen LogP contribution in [0.25, 0.3) is 28.0 Å². The molecule has 0 saturated heterocycles. The van der Waals surface area contributed by atoms with E-state index in [0.29, 0.717) is 17.1 Å². The summed E-state index contributed by atoms with van der Waals surface area (Å²) in [4.78, 5) is 14.1. The highest BCUT2D eigenvalue weighted by Crippen LogP contribution is 2.40. The van der Waals surface area contributed by atoms with Gasteiger partial charge in [0.2, 0.25) is 0 Å². The third kappa shape index (κ3) is 4.18. The fourth-order valence-electron chi connectivity index (χ4n) is 5.67. The Morgan fingerprint density at radius 2 is 1.74 bits per heavy atom. The molecule has 0 spiro atoms. The van der Waals surface area contributed by atoms with Crippen LogP contribution in [0, 0.1) is 6.92 Å². The van der Waals surface area contributed by atoms with Gasteiger partial charge in [0.1, 0.15) is 17.1 Å². The fourth-order valence-corrected chi connectivity index (χ4v) is 5.67. The molecule has 0 fully saturated rings. The topological polar surface area (TPSA) is 47.7 Å². The summed E-state index contributed by atoms with van der Waals surface area (Å²) in [6, 6.07) is 24.9. The molecule has 0 unspecified atom stereocenters. The molecule has 0 radical (unpaired) electrons. The van der Waals surface area contributed by atoms with Gasteiger partial charge in [-0.1, -0.05) is 67.1 Å². The van der Waals surface area contributed by atoms with Gasteiger partial charge in [0, 0.05) is 35.6 Å². The van der Waals surface area contributed by atoms with Gasteiger partial charge in [-0.15, -0.1) is 0 Å². The minimum absolute atomic E-state index is 0.123. The zero-order valence-corrected chi connectivity index (χ0v) is 22.3. The number of hydrogen-bond donors (Lipinski definition) is 1. The molecule has 3 heterocycles. The van der Waals surface area contributed by atoms with Crippen LogP contribution in [0.3, 0.4) is 0 Å². The third-order valence-corrected chi connectivity index (χ3v) is 7.67. The number of anilines is 1. The molecule has 0 bridgehead atoms. The lowest BCUT2D eigenvalue weighted by Gasteiger charge is -2.11. The Labute approximate surface area is 223 Å². The van der Waals surface area contributed by atoms with E-state index in [-0.39, 0.29) is 5.91 Å². The summed E-state index contributed by atoms with van der Waals surface area (Å²) < 4.78 is 9.94. The SMILES string of the molecule is CCc1ccc(-c2c3c4n(c(-c5ccc(C)cc5)cn4c2C(=O)Nc2cccc(OC)c2)CCCC3)cc1. The van der Waals surface area contributed by atoms with Crippen molar-refractivity contribution in [3.63, 3.8) is 0 Å². The largest absolute Gasteiger partial charge is 0.497 e. The van der Waals surface area contributed by atoms with E-state index in [4.69, 9.17) is 4.74 Å². The molecule has 38 heavy (non-hydrogen) atoms. The molecule has 5 aromatic rings. The summed E-state index contributed by atoms with van der Waals surface area (Å²) in [5.74, 6) is 0.587. The first-order valence-electron chi connectivity index (χ1n) is 13.5. The second-order valence-electron chi connectivity index (χ2n) is 10.1. The van der Waals surface area contributed by atoms with Crippen molar-refractivity contribution in [1.82, 2.24) is 8.97 Å². The standard InChI is InChI=1S/C33H33N3O2/c1-4-23-13-17-25(18-14-23)30-28-10-5-6-19-35-29(24-15-11-22(2)12-16-24)21-36(33(28)35)31(30)32(37)34-26-8-7-9-27(20-26)38-3/h7-9,11-18,20-21H,4-6,10,19H2,1-3H3,(H,34,37). The van der Waals surface area contributed by atoms with Gasteiger partial charge in [0.25, 0.3) is 5.91 Å². The molecule has 5 nitrogen and oxygen atoms in total. The molecule has 1 amide bonds. The number of nitrogens with one attached hydrogen (secondary N) is 1. The van der Waals surface area contributed by atoms with Crippen molar-refractivity contribution in [2.45, 2.75) is 46.1 Å². The number of carbonyl (C=O) groups excluding carboxylic acids is 1. The van der Waals surface area contributed by atoms with Crippen LogP contribution in [0.15, 0.2) is 79.0 Å². The molecule has 0 aliphatic carbocycles. The zero-order chi connectivity index (χ0) is 26.2. The number of methoxy groups -OCH3 is 1. The smallest absolute Gasteiger partial charge is 0.273 e. The fraction of sp³-hybridized carbons (Fsp3) is 0.242. The summed E-state index contributed by atoms with van der Waals surface area (Å²) in [5, 5.41) is 3.16. The zero-order valence-electron chi connectivity index (χ0n) is 22.3. The molecule has 6 rings (SSSR count). The second-order valence-corrected chi connectivity index (χ2v) is 10.1. The lowest BCUT2D eigenvalue weighted by molar-refractivity contribution is 0.102. The summed E-state index contributed by atoms with van der Waals surface area (Å²) in [5.41, 5.74) is 10.7. The molecule has 1 aliphatic heterocycles. The van der Waals surface area contributed by atoms with Crippen LogP contribution < -0.4 is 10.1 Å². The number of rotatable bonds is 6. The van der Waals surface area contributed by atoms with Gasteiger partial charge >= 0.3 is 0 Å². The average Bonchev–Trinajstić information content (AvgIpc) is 3.36. The Bertz CT molecular complexity index is 1620.